The van der Waals surface area contributed by atoms with E-state index in [1.165, 1.54) is 49.7 Å². The zero-order chi connectivity index (χ0) is 18.3. The highest BCUT2D eigenvalue weighted by molar-refractivity contribution is 5.37. The maximum atomic E-state index is 5.64. The molecule has 0 aromatic heterocycles. The van der Waals surface area contributed by atoms with Gasteiger partial charge in [-0.05, 0) is 74.0 Å². The summed E-state index contributed by atoms with van der Waals surface area (Å²) in [6.45, 7) is 5.66. The van der Waals surface area contributed by atoms with E-state index in [0.29, 0.717) is 5.54 Å². The molecule has 4 saturated carbocycles. The van der Waals surface area contributed by atoms with E-state index in [4.69, 9.17) is 9.47 Å². The van der Waals surface area contributed by atoms with Crippen molar-refractivity contribution in [2.24, 2.45) is 17.8 Å². The number of methoxy groups -OCH3 is 1. The van der Waals surface area contributed by atoms with Crippen LogP contribution in [-0.2, 0) is 17.8 Å². The number of morpholine rings is 1. The third-order valence-electron chi connectivity index (χ3n) is 7.55. The summed E-state index contributed by atoms with van der Waals surface area (Å²) in [6, 6.07) is 6.77. The second kappa shape index (κ2) is 7.38. The number of hydrogen-bond donors (Lipinski definition) is 1. The fraction of sp³-hybridized carbons (Fsp3) is 0.739. The van der Waals surface area contributed by atoms with E-state index >= 15 is 0 Å². The largest absolute Gasteiger partial charge is 0.496 e. The first kappa shape index (κ1) is 18.0. The molecule has 5 fully saturated rings. The Labute approximate surface area is 163 Å². The van der Waals surface area contributed by atoms with Crippen LogP contribution in [0.1, 0.15) is 49.7 Å². The Kier molecular flexibility index (Phi) is 4.91. The van der Waals surface area contributed by atoms with Crippen molar-refractivity contribution in [3.8, 4) is 5.75 Å². The van der Waals surface area contributed by atoms with Crippen molar-refractivity contribution in [1.29, 1.82) is 0 Å². The van der Waals surface area contributed by atoms with Crippen molar-refractivity contribution >= 4 is 0 Å². The molecule has 1 aromatic rings. The number of rotatable bonds is 6. The van der Waals surface area contributed by atoms with E-state index in [1.54, 1.807) is 7.11 Å². The third kappa shape index (κ3) is 3.76. The minimum atomic E-state index is 0.430. The summed E-state index contributed by atoms with van der Waals surface area (Å²) in [5.41, 5.74) is 3.14. The number of nitrogens with one attached hydrogen (secondary N) is 1. The first-order valence-electron chi connectivity index (χ1n) is 10.9. The van der Waals surface area contributed by atoms with Gasteiger partial charge in [0.2, 0.25) is 0 Å². The molecule has 4 nitrogen and oxygen atoms in total. The Morgan fingerprint density at radius 2 is 1.74 bits per heavy atom. The normalized spacial score (nSPS) is 35.5. The van der Waals surface area contributed by atoms with Crippen molar-refractivity contribution in [2.45, 2.75) is 57.2 Å². The molecule has 6 rings (SSSR count). The summed E-state index contributed by atoms with van der Waals surface area (Å²) < 4.78 is 11.1. The molecule has 0 spiro atoms. The van der Waals surface area contributed by atoms with Crippen molar-refractivity contribution in [1.82, 2.24) is 10.2 Å². The Balaban J connectivity index is 1.27. The average molecular weight is 371 g/mol. The molecule has 4 heteroatoms. The molecule has 1 saturated heterocycles. The van der Waals surface area contributed by atoms with Gasteiger partial charge in [-0.1, -0.05) is 6.07 Å². The van der Waals surface area contributed by atoms with Crippen LogP contribution in [0.15, 0.2) is 18.2 Å². The maximum Gasteiger partial charge on any atom is 0.123 e. The molecule has 0 atom stereocenters. The van der Waals surface area contributed by atoms with Gasteiger partial charge in [-0.2, -0.15) is 0 Å². The van der Waals surface area contributed by atoms with Gasteiger partial charge in [0.25, 0.3) is 0 Å². The second-order valence-corrected chi connectivity index (χ2v) is 9.59. The molecule has 27 heavy (non-hydrogen) atoms. The molecule has 0 unspecified atom stereocenters. The quantitative estimate of drug-likeness (QED) is 0.830. The van der Waals surface area contributed by atoms with E-state index in [-0.39, 0.29) is 0 Å². The molecule has 5 aliphatic rings. The molecule has 1 aromatic carbocycles. The predicted molar refractivity (Wildman–Crippen MR) is 107 cm³/mol. The summed E-state index contributed by atoms with van der Waals surface area (Å²) >= 11 is 0. The van der Waals surface area contributed by atoms with Crippen LogP contribution in [0, 0.1) is 17.8 Å². The Morgan fingerprint density at radius 3 is 2.37 bits per heavy atom. The van der Waals surface area contributed by atoms with Crippen LogP contribution < -0.4 is 10.1 Å². The number of nitrogens with zero attached hydrogens (tertiary/aromatic N) is 1. The Hall–Kier alpha value is -1.10. The summed E-state index contributed by atoms with van der Waals surface area (Å²) in [7, 11) is 1.78. The van der Waals surface area contributed by atoms with E-state index in [1.807, 2.05) is 0 Å². The van der Waals surface area contributed by atoms with Gasteiger partial charge in [-0.3, -0.25) is 4.90 Å². The topological polar surface area (TPSA) is 33.7 Å². The van der Waals surface area contributed by atoms with Crippen LogP contribution in [0.2, 0.25) is 0 Å². The lowest BCUT2D eigenvalue weighted by Gasteiger charge is -2.57. The van der Waals surface area contributed by atoms with E-state index < -0.39 is 0 Å². The summed E-state index contributed by atoms with van der Waals surface area (Å²) in [6.07, 6.45) is 8.76. The van der Waals surface area contributed by atoms with Crippen molar-refractivity contribution in [2.75, 3.05) is 33.4 Å². The molecule has 1 N–H and O–H groups in total. The zero-order valence-corrected chi connectivity index (χ0v) is 16.7. The number of benzene rings is 1. The minimum Gasteiger partial charge on any atom is -0.496 e. The third-order valence-corrected chi connectivity index (χ3v) is 7.55. The molecule has 148 valence electrons. The summed E-state index contributed by atoms with van der Waals surface area (Å²) in [4.78, 5) is 2.47. The van der Waals surface area contributed by atoms with Gasteiger partial charge >= 0.3 is 0 Å². The van der Waals surface area contributed by atoms with Crippen LogP contribution in [0.3, 0.4) is 0 Å². The lowest BCUT2D eigenvalue weighted by atomic mass is 9.53. The molecular weight excluding hydrogens is 336 g/mol. The molecule has 4 aliphatic carbocycles. The van der Waals surface area contributed by atoms with Crippen LogP contribution in [-0.4, -0.2) is 43.9 Å². The highest BCUT2D eigenvalue weighted by Crippen LogP contribution is 2.55. The fourth-order valence-corrected chi connectivity index (χ4v) is 6.68. The van der Waals surface area contributed by atoms with Crippen molar-refractivity contribution < 1.29 is 9.47 Å². The van der Waals surface area contributed by atoms with Gasteiger partial charge in [-0.25, -0.2) is 0 Å². The average Bonchev–Trinajstić information content (AvgIpc) is 2.66. The van der Waals surface area contributed by atoms with Crippen LogP contribution in [0.4, 0.5) is 0 Å². The van der Waals surface area contributed by atoms with E-state index in [2.05, 4.69) is 28.4 Å². The highest BCUT2D eigenvalue weighted by Gasteiger charge is 2.50. The Bertz CT molecular complexity index is 633. The van der Waals surface area contributed by atoms with Crippen molar-refractivity contribution in [3.05, 3.63) is 29.3 Å². The van der Waals surface area contributed by atoms with Crippen molar-refractivity contribution in [3.63, 3.8) is 0 Å². The molecule has 1 aliphatic heterocycles. The van der Waals surface area contributed by atoms with Crippen LogP contribution >= 0.6 is 0 Å². The lowest BCUT2D eigenvalue weighted by molar-refractivity contribution is -0.0206. The Morgan fingerprint density at radius 1 is 1.07 bits per heavy atom. The van der Waals surface area contributed by atoms with Crippen LogP contribution in [0.5, 0.6) is 5.75 Å². The molecular formula is C23H34N2O2. The first-order chi connectivity index (χ1) is 13.2. The monoisotopic (exact) mass is 370 g/mol. The van der Waals surface area contributed by atoms with Gasteiger partial charge in [-0.15, -0.1) is 0 Å². The lowest BCUT2D eigenvalue weighted by Crippen LogP contribution is -2.58. The second-order valence-electron chi connectivity index (χ2n) is 9.59. The molecule has 4 bridgehead atoms. The van der Waals surface area contributed by atoms with Gasteiger partial charge < -0.3 is 14.8 Å². The highest BCUT2D eigenvalue weighted by atomic mass is 16.5. The minimum absolute atomic E-state index is 0.430. The predicted octanol–water partition coefficient (Wildman–Crippen LogP) is 3.59. The fourth-order valence-electron chi connectivity index (χ4n) is 6.68. The smallest absolute Gasteiger partial charge is 0.123 e. The van der Waals surface area contributed by atoms with Gasteiger partial charge in [0.1, 0.15) is 5.75 Å². The first-order valence-corrected chi connectivity index (χ1v) is 10.9. The van der Waals surface area contributed by atoms with Crippen LogP contribution in [0.25, 0.3) is 0 Å². The van der Waals surface area contributed by atoms with Gasteiger partial charge in [0.05, 0.1) is 20.3 Å². The summed E-state index contributed by atoms with van der Waals surface area (Å²) in [5, 5.41) is 4.04. The standard InChI is InChI=1S/C23H34N2O2/c1-26-22-3-2-17(11-21(22)16-25-4-6-27-7-5-25)15-24-23-12-18-8-19(13-23)10-20(9-18)14-23/h2-3,11,18-20,24H,4-10,12-16H2,1H3. The molecule has 1 heterocycles. The molecule has 0 radical (unpaired) electrons. The maximum absolute atomic E-state index is 5.64. The van der Waals surface area contributed by atoms with E-state index in [9.17, 15) is 0 Å². The van der Waals surface area contributed by atoms with Gasteiger partial charge in [0, 0.05) is 37.3 Å². The number of ether oxygens (including phenoxy) is 2. The van der Waals surface area contributed by atoms with Gasteiger partial charge in [0.15, 0.2) is 0 Å². The summed E-state index contributed by atoms with van der Waals surface area (Å²) in [5.74, 6) is 4.00. The SMILES string of the molecule is COc1ccc(CNC23CC4CC(CC(C4)C2)C3)cc1CN1CCOCC1. The zero-order valence-electron chi connectivity index (χ0n) is 16.7. The number of hydrogen-bond acceptors (Lipinski definition) is 4. The van der Waals surface area contributed by atoms with E-state index in [0.717, 1.165) is 62.9 Å². The molecule has 0 amide bonds.